The lowest BCUT2D eigenvalue weighted by Crippen LogP contribution is -2.45. The Hall–Kier alpha value is -2.89. The van der Waals surface area contributed by atoms with Crippen LogP contribution in [0.15, 0.2) is 53.1 Å². The van der Waals surface area contributed by atoms with Gasteiger partial charge in [0.05, 0.1) is 6.26 Å². The highest BCUT2D eigenvalue weighted by Crippen LogP contribution is 2.08. The van der Waals surface area contributed by atoms with Crippen molar-refractivity contribution < 1.29 is 23.5 Å². The molecule has 1 aromatic carbocycles. The molecule has 0 fully saturated rings. The van der Waals surface area contributed by atoms with Crippen LogP contribution < -0.4 is 5.32 Å². The topological polar surface area (TPSA) is 85.6 Å². The number of carbonyl (C=O) groups is 3. The summed E-state index contributed by atoms with van der Waals surface area (Å²) in [5.41, 5.74) is 0.464. The third kappa shape index (κ3) is 4.55. The summed E-state index contributed by atoms with van der Waals surface area (Å²) < 4.78 is 10.1. The van der Waals surface area contributed by atoms with Crippen molar-refractivity contribution in [3.05, 3.63) is 60.1 Å². The molecule has 6 nitrogen and oxygen atoms in total. The zero-order valence-corrected chi connectivity index (χ0v) is 13.5. The first-order valence-corrected chi connectivity index (χ1v) is 7.58. The monoisotopic (exact) mass is 329 g/mol. The molecule has 24 heavy (non-hydrogen) atoms. The van der Waals surface area contributed by atoms with Gasteiger partial charge >= 0.3 is 5.97 Å². The van der Waals surface area contributed by atoms with Crippen molar-refractivity contribution in [1.82, 2.24) is 5.32 Å². The molecule has 0 unspecified atom stereocenters. The fourth-order valence-corrected chi connectivity index (χ4v) is 2.05. The Morgan fingerprint density at radius 2 is 1.79 bits per heavy atom. The summed E-state index contributed by atoms with van der Waals surface area (Å²) in [5.74, 6) is -1.57. The number of esters is 1. The van der Waals surface area contributed by atoms with Crippen LogP contribution in [0.1, 0.15) is 34.8 Å². The lowest BCUT2D eigenvalue weighted by molar-refractivity contribution is -0.145. The van der Waals surface area contributed by atoms with Crippen molar-refractivity contribution in [2.24, 2.45) is 5.92 Å². The van der Waals surface area contributed by atoms with Crippen LogP contribution in [-0.4, -0.2) is 30.3 Å². The fraction of sp³-hybridized carbons (Fsp3) is 0.278. The zero-order valence-electron chi connectivity index (χ0n) is 13.5. The number of ether oxygens (including phenoxy) is 1. The molecule has 2 rings (SSSR count). The molecular weight excluding hydrogens is 310 g/mol. The molecule has 1 aromatic heterocycles. The predicted octanol–water partition coefficient (Wildman–Crippen LogP) is 2.46. The average Bonchev–Trinajstić information content (AvgIpc) is 3.12. The molecule has 1 atom stereocenters. The fourth-order valence-electron chi connectivity index (χ4n) is 2.05. The van der Waals surface area contributed by atoms with Gasteiger partial charge in [0.1, 0.15) is 6.04 Å². The van der Waals surface area contributed by atoms with Gasteiger partial charge in [0.25, 0.3) is 5.91 Å². The van der Waals surface area contributed by atoms with Crippen LogP contribution in [0.25, 0.3) is 0 Å². The maximum absolute atomic E-state index is 12.2. The van der Waals surface area contributed by atoms with Gasteiger partial charge < -0.3 is 14.5 Å². The van der Waals surface area contributed by atoms with Gasteiger partial charge in [0, 0.05) is 5.56 Å². The van der Waals surface area contributed by atoms with E-state index in [9.17, 15) is 14.4 Å². The van der Waals surface area contributed by atoms with Crippen LogP contribution in [0.4, 0.5) is 0 Å². The molecule has 0 aliphatic rings. The Kier molecular flexibility index (Phi) is 5.89. The maximum atomic E-state index is 12.2. The molecule has 0 aliphatic carbocycles. The molecule has 0 saturated carbocycles. The van der Waals surface area contributed by atoms with Crippen molar-refractivity contribution in [2.45, 2.75) is 19.9 Å². The van der Waals surface area contributed by atoms with E-state index in [2.05, 4.69) is 5.32 Å². The van der Waals surface area contributed by atoms with E-state index in [0.717, 1.165) is 0 Å². The molecule has 1 heterocycles. The Balaban J connectivity index is 1.94. The van der Waals surface area contributed by atoms with Gasteiger partial charge in [-0.1, -0.05) is 44.2 Å². The number of ketones is 1. The van der Waals surface area contributed by atoms with E-state index < -0.39 is 17.9 Å². The van der Waals surface area contributed by atoms with Crippen molar-refractivity contribution >= 4 is 17.7 Å². The number of hydrogen-bond donors (Lipinski definition) is 1. The normalized spacial score (nSPS) is 11.8. The minimum absolute atomic E-state index is 0.105. The zero-order chi connectivity index (χ0) is 17.5. The van der Waals surface area contributed by atoms with E-state index in [0.29, 0.717) is 5.56 Å². The first kappa shape index (κ1) is 17.5. The van der Waals surface area contributed by atoms with Gasteiger partial charge in [-0.2, -0.15) is 0 Å². The Morgan fingerprint density at radius 1 is 1.08 bits per heavy atom. The molecule has 2 aromatic rings. The van der Waals surface area contributed by atoms with Gasteiger partial charge in [-0.05, 0) is 18.1 Å². The van der Waals surface area contributed by atoms with Gasteiger partial charge in [0.2, 0.25) is 0 Å². The maximum Gasteiger partial charge on any atom is 0.329 e. The van der Waals surface area contributed by atoms with Crippen molar-refractivity contribution in [1.29, 1.82) is 0 Å². The predicted molar refractivity (Wildman–Crippen MR) is 86.5 cm³/mol. The van der Waals surface area contributed by atoms with Gasteiger partial charge in [-0.3, -0.25) is 9.59 Å². The minimum atomic E-state index is -0.869. The number of benzene rings is 1. The van der Waals surface area contributed by atoms with E-state index in [4.69, 9.17) is 9.15 Å². The lowest BCUT2D eigenvalue weighted by atomic mass is 10.0. The molecule has 1 N–H and O–H groups in total. The number of Topliss-reactive ketones (excluding diaryl/α,β-unsaturated/α-hetero) is 1. The van der Waals surface area contributed by atoms with Crippen molar-refractivity contribution in [2.75, 3.05) is 6.61 Å². The quantitative estimate of drug-likeness (QED) is 0.623. The van der Waals surface area contributed by atoms with Crippen LogP contribution in [-0.2, 0) is 9.53 Å². The number of hydrogen-bond acceptors (Lipinski definition) is 5. The Labute approximate surface area is 139 Å². The summed E-state index contributed by atoms with van der Waals surface area (Å²) in [6, 6.07) is 10.8. The van der Waals surface area contributed by atoms with Crippen molar-refractivity contribution in [3.63, 3.8) is 0 Å². The van der Waals surface area contributed by atoms with E-state index >= 15 is 0 Å². The van der Waals surface area contributed by atoms with E-state index in [1.807, 2.05) is 0 Å². The smallest absolute Gasteiger partial charge is 0.329 e. The summed E-state index contributed by atoms with van der Waals surface area (Å²) >= 11 is 0. The molecule has 0 saturated heterocycles. The Morgan fingerprint density at radius 3 is 2.38 bits per heavy atom. The second kappa shape index (κ2) is 8.10. The highest BCUT2D eigenvalue weighted by atomic mass is 16.5. The Bertz CT molecular complexity index is 691. The second-order valence-corrected chi connectivity index (χ2v) is 5.57. The van der Waals surface area contributed by atoms with Gasteiger partial charge in [0.15, 0.2) is 18.2 Å². The molecule has 1 amide bonds. The lowest BCUT2D eigenvalue weighted by Gasteiger charge is -2.20. The average molecular weight is 329 g/mol. The van der Waals surface area contributed by atoms with Crippen LogP contribution in [0.3, 0.4) is 0 Å². The number of nitrogens with one attached hydrogen (secondary N) is 1. The highest BCUT2D eigenvalue weighted by molar-refractivity contribution is 5.98. The number of furan rings is 1. The third-order valence-electron chi connectivity index (χ3n) is 3.39. The van der Waals surface area contributed by atoms with E-state index in [1.165, 1.54) is 12.3 Å². The molecule has 0 spiro atoms. The SMILES string of the molecule is CC(C)[C@H](NC(=O)c1ccco1)C(=O)OCC(=O)c1ccccc1. The number of carbonyl (C=O) groups excluding carboxylic acids is 3. The third-order valence-corrected chi connectivity index (χ3v) is 3.39. The van der Waals surface area contributed by atoms with Crippen LogP contribution >= 0.6 is 0 Å². The minimum Gasteiger partial charge on any atom is -0.459 e. The summed E-state index contributed by atoms with van der Waals surface area (Å²) in [6.07, 6.45) is 1.37. The van der Waals surface area contributed by atoms with E-state index in [1.54, 1.807) is 50.2 Å². The standard InChI is InChI=1S/C18H19NO5/c1-12(2)16(19-17(21)15-9-6-10-23-15)18(22)24-11-14(20)13-7-4-3-5-8-13/h3-10,12,16H,11H2,1-2H3,(H,19,21)/t16-/m0/s1. The van der Waals surface area contributed by atoms with E-state index in [-0.39, 0.29) is 24.1 Å². The largest absolute Gasteiger partial charge is 0.459 e. The molecule has 0 bridgehead atoms. The highest BCUT2D eigenvalue weighted by Gasteiger charge is 2.27. The molecule has 0 aliphatic heterocycles. The van der Waals surface area contributed by atoms with Crippen molar-refractivity contribution in [3.8, 4) is 0 Å². The molecule has 126 valence electrons. The summed E-state index contributed by atoms with van der Waals surface area (Å²) in [5, 5.41) is 2.56. The summed E-state index contributed by atoms with van der Waals surface area (Å²) in [7, 11) is 0. The van der Waals surface area contributed by atoms with Gasteiger partial charge in [-0.15, -0.1) is 0 Å². The van der Waals surface area contributed by atoms with Crippen LogP contribution in [0.2, 0.25) is 0 Å². The first-order chi connectivity index (χ1) is 11.5. The van der Waals surface area contributed by atoms with Gasteiger partial charge in [-0.25, -0.2) is 4.79 Å². The number of amides is 1. The molecule has 0 radical (unpaired) electrons. The molecular formula is C18H19NO5. The first-order valence-electron chi connectivity index (χ1n) is 7.58. The van der Waals surface area contributed by atoms with Crippen LogP contribution in [0, 0.1) is 5.92 Å². The summed E-state index contributed by atoms with van der Waals surface area (Å²) in [6.45, 7) is 3.17. The second-order valence-electron chi connectivity index (χ2n) is 5.57. The molecule has 6 heteroatoms. The summed E-state index contributed by atoms with van der Waals surface area (Å²) in [4.78, 5) is 36.2. The number of rotatable bonds is 7. The van der Waals surface area contributed by atoms with Crippen LogP contribution in [0.5, 0.6) is 0 Å².